The largest absolute Gasteiger partial charge is 0.496 e. The molecule has 0 saturated heterocycles. The van der Waals surface area contributed by atoms with Gasteiger partial charge in [-0.05, 0) is 25.1 Å². The molecule has 0 amide bonds. The molecule has 4 nitrogen and oxygen atoms in total. The van der Waals surface area contributed by atoms with Crippen molar-refractivity contribution in [2.45, 2.75) is 13.5 Å². The van der Waals surface area contributed by atoms with Crippen LogP contribution in [0.3, 0.4) is 0 Å². The molecular formula is C15H14N2O2. The lowest BCUT2D eigenvalue weighted by molar-refractivity contribution is 0.408. The van der Waals surface area contributed by atoms with Crippen LogP contribution < -0.4 is 10.3 Å². The first-order valence-electron chi connectivity index (χ1n) is 5.90. The first kappa shape index (κ1) is 12.9. The average Bonchev–Trinajstić information content (AvgIpc) is 2.44. The van der Waals surface area contributed by atoms with Gasteiger partial charge in [0.2, 0.25) is 0 Å². The topological polar surface area (TPSA) is 55.0 Å². The van der Waals surface area contributed by atoms with Crippen molar-refractivity contribution in [1.29, 1.82) is 5.26 Å². The second-order valence-electron chi connectivity index (χ2n) is 4.20. The molecule has 96 valence electrons. The van der Waals surface area contributed by atoms with Crippen molar-refractivity contribution in [2.24, 2.45) is 0 Å². The van der Waals surface area contributed by atoms with Crippen molar-refractivity contribution in [1.82, 2.24) is 4.57 Å². The summed E-state index contributed by atoms with van der Waals surface area (Å²) in [6.07, 6.45) is 0. The highest BCUT2D eigenvalue weighted by atomic mass is 16.5. The molecule has 0 N–H and O–H groups in total. The summed E-state index contributed by atoms with van der Waals surface area (Å²) in [5.74, 6) is 0.733. The van der Waals surface area contributed by atoms with Gasteiger partial charge in [-0.3, -0.25) is 4.79 Å². The SMILES string of the molecule is COc1ccccc1Cn1c(C)ccc(C#N)c1=O. The molecule has 0 radical (unpaired) electrons. The highest BCUT2D eigenvalue weighted by Gasteiger charge is 2.09. The fraction of sp³-hybridized carbons (Fsp3) is 0.200. The van der Waals surface area contributed by atoms with E-state index in [1.165, 1.54) is 0 Å². The number of aryl methyl sites for hydroxylation is 1. The van der Waals surface area contributed by atoms with Gasteiger partial charge >= 0.3 is 0 Å². The zero-order valence-corrected chi connectivity index (χ0v) is 10.9. The molecule has 2 rings (SSSR count). The van der Waals surface area contributed by atoms with Crippen LogP contribution >= 0.6 is 0 Å². The molecule has 4 heteroatoms. The summed E-state index contributed by atoms with van der Waals surface area (Å²) in [4.78, 5) is 12.1. The number of benzene rings is 1. The molecule has 0 saturated carbocycles. The van der Waals surface area contributed by atoms with Gasteiger partial charge in [-0.2, -0.15) is 5.26 Å². The smallest absolute Gasteiger partial charge is 0.268 e. The maximum absolute atomic E-state index is 12.1. The molecule has 2 aromatic rings. The third-order valence-corrected chi connectivity index (χ3v) is 3.03. The molecule has 0 aliphatic heterocycles. The van der Waals surface area contributed by atoms with Gasteiger partial charge in [0.05, 0.1) is 13.7 Å². The van der Waals surface area contributed by atoms with Gasteiger partial charge in [-0.25, -0.2) is 0 Å². The normalized spacial score (nSPS) is 9.95. The lowest BCUT2D eigenvalue weighted by Crippen LogP contribution is -2.25. The standard InChI is InChI=1S/C15H14N2O2/c1-11-7-8-12(9-16)15(18)17(11)10-13-5-3-4-6-14(13)19-2/h3-8H,10H2,1-2H3. The highest BCUT2D eigenvalue weighted by Crippen LogP contribution is 2.18. The quantitative estimate of drug-likeness (QED) is 0.842. The minimum absolute atomic E-state index is 0.153. The van der Waals surface area contributed by atoms with E-state index in [2.05, 4.69) is 0 Å². The van der Waals surface area contributed by atoms with Crippen molar-refractivity contribution in [3.8, 4) is 11.8 Å². The Morgan fingerprint density at radius 3 is 2.68 bits per heavy atom. The Labute approximate surface area is 111 Å². The van der Waals surface area contributed by atoms with E-state index in [9.17, 15) is 4.79 Å². The monoisotopic (exact) mass is 254 g/mol. The van der Waals surface area contributed by atoms with Gasteiger partial charge in [0.1, 0.15) is 17.4 Å². The number of nitriles is 1. The summed E-state index contributed by atoms with van der Waals surface area (Å²) in [6, 6.07) is 12.8. The molecule has 19 heavy (non-hydrogen) atoms. The summed E-state index contributed by atoms with van der Waals surface area (Å²) < 4.78 is 6.85. The van der Waals surface area contributed by atoms with Crippen LogP contribution in [0.2, 0.25) is 0 Å². The molecule has 0 unspecified atom stereocenters. The number of rotatable bonds is 3. The van der Waals surface area contributed by atoms with Crippen molar-refractivity contribution < 1.29 is 4.74 Å². The van der Waals surface area contributed by atoms with Gasteiger partial charge in [0.25, 0.3) is 5.56 Å². The van der Waals surface area contributed by atoms with Crippen molar-refractivity contribution in [3.05, 3.63) is 63.6 Å². The highest BCUT2D eigenvalue weighted by molar-refractivity contribution is 5.34. The third-order valence-electron chi connectivity index (χ3n) is 3.03. The van der Waals surface area contributed by atoms with Crippen molar-refractivity contribution in [3.63, 3.8) is 0 Å². The fourth-order valence-electron chi connectivity index (χ4n) is 1.96. The molecule has 0 spiro atoms. The summed E-state index contributed by atoms with van der Waals surface area (Å²) in [7, 11) is 1.60. The van der Waals surface area contributed by atoms with Gasteiger partial charge < -0.3 is 9.30 Å². The van der Waals surface area contributed by atoms with Crippen molar-refractivity contribution >= 4 is 0 Å². The first-order valence-corrected chi connectivity index (χ1v) is 5.90. The van der Waals surface area contributed by atoms with E-state index in [0.717, 1.165) is 17.0 Å². The van der Waals surface area contributed by atoms with Crippen LogP contribution in [-0.4, -0.2) is 11.7 Å². The van der Waals surface area contributed by atoms with Crippen molar-refractivity contribution in [2.75, 3.05) is 7.11 Å². The van der Waals surface area contributed by atoms with E-state index in [1.807, 2.05) is 37.3 Å². The third kappa shape index (κ3) is 2.50. The van der Waals surface area contributed by atoms with E-state index in [-0.39, 0.29) is 11.1 Å². The minimum atomic E-state index is -0.270. The minimum Gasteiger partial charge on any atom is -0.496 e. The number of hydrogen-bond acceptors (Lipinski definition) is 3. The summed E-state index contributed by atoms with van der Waals surface area (Å²) in [5, 5.41) is 8.91. The summed E-state index contributed by atoms with van der Waals surface area (Å²) in [5.41, 5.74) is 1.61. The van der Waals surface area contributed by atoms with E-state index in [4.69, 9.17) is 10.00 Å². The second-order valence-corrected chi connectivity index (χ2v) is 4.20. The molecular weight excluding hydrogens is 240 g/mol. The number of para-hydroxylation sites is 1. The van der Waals surface area contributed by atoms with Gasteiger partial charge in [-0.15, -0.1) is 0 Å². The summed E-state index contributed by atoms with van der Waals surface area (Å²) >= 11 is 0. The lowest BCUT2D eigenvalue weighted by atomic mass is 10.2. The Bertz CT molecular complexity index is 696. The number of aromatic nitrogens is 1. The van der Waals surface area contributed by atoms with Crippen LogP contribution in [0.25, 0.3) is 0 Å². The van der Waals surface area contributed by atoms with Gasteiger partial charge in [0, 0.05) is 11.3 Å². The predicted octanol–water partition coefficient (Wildman–Crippen LogP) is 2.09. The summed E-state index contributed by atoms with van der Waals surface area (Å²) in [6.45, 7) is 2.24. The number of hydrogen-bond donors (Lipinski definition) is 0. The molecule has 0 atom stereocenters. The lowest BCUT2D eigenvalue weighted by Gasteiger charge is -2.12. The van der Waals surface area contributed by atoms with E-state index in [1.54, 1.807) is 23.8 Å². The van der Waals surface area contributed by atoms with Crippen LogP contribution in [0.5, 0.6) is 5.75 Å². The number of pyridine rings is 1. The fourth-order valence-corrected chi connectivity index (χ4v) is 1.96. The molecule has 0 aliphatic carbocycles. The van der Waals surface area contributed by atoms with Gasteiger partial charge in [-0.1, -0.05) is 18.2 Å². The Hall–Kier alpha value is -2.54. The number of methoxy groups -OCH3 is 1. The number of ether oxygens (including phenoxy) is 1. The molecule has 1 aromatic carbocycles. The Morgan fingerprint density at radius 2 is 2.00 bits per heavy atom. The maximum Gasteiger partial charge on any atom is 0.268 e. The Morgan fingerprint density at radius 1 is 1.26 bits per heavy atom. The zero-order valence-electron chi connectivity index (χ0n) is 10.9. The van der Waals surface area contributed by atoms with E-state index < -0.39 is 0 Å². The maximum atomic E-state index is 12.1. The van der Waals surface area contributed by atoms with Crippen LogP contribution in [0.4, 0.5) is 0 Å². The van der Waals surface area contributed by atoms with Crippen LogP contribution in [0, 0.1) is 18.3 Å². The molecule has 0 bridgehead atoms. The molecule has 1 heterocycles. The van der Waals surface area contributed by atoms with Crippen LogP contribution in [-0.2, 0) is 6.54 Å². The van der Waals surface area contributed by atoms with Crippen LogP contribution in [0.1, 0.15) is 16.8 Å². The van der Waals surface area contributed by atoms with E-state index >= 15 is 0 Å². The zero-order chi connectivity index (χ0) is 13.8. The van der Waals surface area contributed by atoms with Gasteiger partial charge in [0.15, 0.2) is 0 Å². The molecule has 0 aliphatic rings. The number of nitrogens with zero attached hydrogens (tertiary/aromatic N) is 2. The average molecular weight is 254 g/mol. The van der Waals surface area contributed by atoms with E-state index in [0.29, 0.717) is 6.54 Å². The predicted molar refractivity (Wildman–Crippen MR) is 72.3 cm³/mol. The Balaban J connectivity index is 2.50. The molecule has 1 aromatic heterocycles. The first-order chi connectivity index (χ1) is 9.17. The molecule has 0 fully saturated rings. The van der Waals surface area contributed by atoms with Crippen LogP contribution in [0.15, 0.2) is 41.2 Å². The second kappa shape index (κ2) is 5.40. The Kier molecular flexibility index (Phi) is 3.67.